The van der Waals surface area contributed by atoms with E-state index in [-0.39, 0.29) is 0 Å². The Bertz CT molecular complexity index is 388. The second-order valence-electron chi connectivity index (χ2n) is 2.58. The van der Waals surface area contributed by atoms with E-state index in [1.807, 2.05) is 0 Å². The summed E-state index contributed by atoms with van der Waals surface area (Å²) >= 11 is 0. The van der Waals surface area contributed by atoms with Gasteiger partial charge in [-0.2, -0.15) is 0 Å². The molecule has 72 valence electrons. The van der Waals surface area contributed by atoms with Crippen LogP contribution in [0.3, 0.4) is 0 Å². The number of benzene rings is 1. The number of hydrogen-bond acceptors (Lipinski definition) is 3. The Morgan fingerprint density at radius 2 is 2.36 bits per heavy atom. The van der Waals surface area contributed by atoms with Gasteiger partial charge in [0.1, 0.15) is 5.75 Å². The first-order valence-electron chi connectivity index (χ1n) is 4.14. The van der Waals surface area contributed by atoms with Gasteiger partial charge >= 0.3 is 0 Å². The smallest absolute Gasteiger partial charge is 0.153 e. The summed E-state index contributed by atoms with van der Waals surface area (Å²) in [6.07, 6.45) is 0.749. The number of nitrogens with two attached hydrogens (primary N) is 1. The molecule has 3 nitrogen and oxygen atoms in total. The van der Waals surface area contributed by atoms with Crippen molar-refractivity contribution in [3.05, 3.63) is 29.3 Å². The molecule has 1 aromatic rings. The van der Waals surface area contributed by atoms with Crippen molar-refractivity contribution in [2.75, 3.05) is 13.7 Å². The predicted molar refractivity (Wildman–Crippen MR) is 54.3 cm³/mol. The fourth-order valence-corrected chi connectivity index (χ4v) is 1.04. The van der Waals surface area contributed by atoms with Gasteiger partial charge in [0.2, 0.25) is 0 Å². The first kappa shape index (κ1) is 10.3. The lowest BCUT2D eigenvalue weighted by Crippen LogP contribution is -1.94. The molecule has 0 aliphatic carbocycles. The van der Waals surface area contributed by atoms with Gasteiger partial charge in [-0.3, -0.25) is 4.79 Å². The lowest BCUT2D eigenvalue weighted by Gasteiger charge is -2.02. The van der Waals surface area contributed by atoms with Gasteiger partial charge in [0.05, 0.1) is 19.2 Å². The van der Waals surface area contributed by atoms with E-state index < -0.39 is 0 Å². The summed E-state index contributed by atoms with van der Waals surface area (Å²) in [7, 11) is 1.52. The Labute approximate surface area is 82.9 Å². The van der Waals surface area contributed by atoms with Gasteiger partial charge in [-0.25, -0.2) is 0 Å². The number of methoxy groups -OCH3 is 1. The lowest BCUT2D eigenvalue weighted by molar-refractivity contribution is 0.112. The zero-order valence-electron chi connectivity index (χ0n) is 7.91. The molecule has 0 aliphatic heterocycles. The van der Waals surface area contributed by atoms with Gasteiger partial charge in [0, 0.05) is 5.56 Å². The molecule has 1 rings (SSSR count). The normalized spacial score (nSPS) is 8.71. The summed E-state index contributed by atoms with van der Waals surface area (Å²) in [6, 6.07) is 5.15. The van der Waals surface area contributed by atoms with Crippen LogP contribution in [0.4, 0.5) is 0 Å². The van der Waals surface area contributed by atoms with Crippen LogP contribution in [-0.4, -0.2) is 19.9 Å². The van der Waals surface area contributed by atoms with Crippen molar-refractivity contribution in [2.24, 2.45) is 5.73 Å². The standard InChI is InChI=1S/C11H11NO2/c1-14-11-7-9(3-2-6-12)4-5-10(11)8-13/h4-5,7-8H,6,12H2,1H3. The van der Waals surface area contributed by atoms with Crippen LogP contribution >= 0.6 is 0 Å². The Kier molecular flexibility index (Phi) is 3.71. The summed E-state index contributed by atoms with van der Waals surface area (Å²) in [6.45, 7) is 0.317. The summed E-state index contributed by atoms with van der Waals surface area (Å²) in [5.74, 6) is 6.12. The number of aldehydes is 1. The molecule has 14 heavy (non-hydrogen) atoms. The fraction of sp³-hybridized carbons (Fsp3) is 0.182. The first-order chi connectivity index (χ1) is 6.81. The third-order valence-electron chi connectivity index (χ3n) is 1.70. The van der Waals surface area contributed by atoms with Gasteiger partial charge in [0.15, 0.2) is 6.29 Å². The van der Waals surface area contributed by atoms with Gasteiger partial charge in [-0.15, -0.1) is 0 Å². The molecule has 0 heterocycles. The van der Waals surface area contributed by atoms with Crippen molar-refractivity contribution in [1.29, 1.82) is 0 Å². The van der Waals surface area contributed by atoms with Crippen LogP contribution in [0.5, 0.6) is 5.75 Å². The number of ether oxygens (including phenoxy) is 1. The quantitative estimate of drug-likeness (QED) is 0.553. The Hall–Kier alpha value is -1.79. The number of rotatable bonds is 2. The van der Waals surface area contributed by atoms with Crippen LogP contribution in [0.1, 0.15) is 15.9 Å². The molecule has 3 heteroatoms. The Morgan fingerprint density at radius 3 is 2.93 bits per heavy atom. The largest absolute Gasteiger partial charge is 0.496 e. The molecule has 0 aliphatic rings. The van der Waals surface area contributed by atoms with Gasteiger partial charge in [0.25, 0.3) is 0 Å². The molecule has 0 saturated carbocycles. The highest BCUT2D eigenvalue weighted by Gasteiger charge is 2.01. The van der Waals surface area contributed by atoms with E-state index in [0.29, 0.717) is 17.9 Å². The number of carbonyl (C=O) groups excluding carboxylic acids is 1. The molecule has 0 fully saturated rings. The van der Waals surface area contributed by atoms with Crippen LogP contribution in [0.25, 0.3) is 0 Å². The number of carbonyl (C=O) groups is 1. The van der Waals surface area contributed by atoms with Crippen molar-refractivity contribution in [1.82, 2.24) is 0 Å². The maximum atomic E-state index is 10.6. The molecule has 0 amide bonds. The molecule has 0 saturated heterocycles. The van der Waals surface area contributed by atoms with E-state index in [0.717, 1.165) is 11.8 Å². The number of hydrogen-bond donors (Lipinski definition) is 1. The SMILES string of the molecule is COc1cc(C#CCN)ccc1C=O. The van der Waals surface area contributed by atoms with Crippen LogP contribution in [0, 0.1) is 11.8 Å². The molecule has 0 spiro atoms. The zero-order valence-corrected chi connectivity index (χ0v) is 7.91. The minimum Gasteiger partial charge on any atom is -0.496 e. The molecule has 0 aromatic heterocycles. The third-order valence-corrected chi connectivity index (χ3v) is 1.70. The third kappa shape index (κ3) is 2.35. The molecule has 0 radical (unpaired) electrons. The van der Waals surface area contributed by atoms with E-state index in [1.165, 1.54) is 7.11 Å². The van der Waals surface area contributed by atoms with E-state index in [4.69, 9.17) is 10.5 Å². The average Bonchev–Trinajstić information content (AvgIpc) is 2.25. The van der Waals surface area contributed by atoms with Gasteiger partial charge < -0.3 is 10.5 Å². The highest BCUT2D eigenvalue weighted by Crippen LogP contribution is 2.17. The van der Waals surface area contributed by atoms with Crippen molar-refractivity contribution in [2.45, 2.75) is 0 Å². The molecular formula is C11H11NO2. The Balaban J connectivity index is 3.07. The maximum absolute atomic E-state index is 10.6. The molecular weight excluding hydrogens is 178 g/mol. The second kappa shape index (κ2) is 5.05. The molecule has 0 bridgehead atoms. The van der Waals surface area contributed by atoms with Crippen LogP contribution in [0.15, 0.2) is 18.2 Å². The van der Waals surface area contributed by atoms with Crippen LogP contribution in [0.2, 0.25) is 0 Å². The highest BCUT2D eigenvalue weighted by atomic mass is 16.5. The fourth-order valence-electron chi connectivity index (χ4n) is 1.04. The van der Waals surface area contributed by atoms with E-state index >= 15 is 0 Å². The van der Waals surface area contributed by atoms with Crippen molar-refractivity contribution >= 4 is 6.29 Å². The minimum atomic E-state index is 0.317. The average molecular weight is 189 g/mol. The maximum Gasteiger partial charge on any atom is 0.153 e. The summed E-state index contributed by atoms with van der Waals surface area (Å²) in [4.78, 5) is 10.6. The van der Waals surface area contributed by atoms with Crippen LogP contribution in [-0.2, 0) is 0 Å². The summed E-state index contributed by atoms with van der Waals surface area (Å²) < 4.78 is 5.03. The van der Waals surface area contributed by atoms with Crippen molar-refractivity contribution < 1.29 is 9.53 Å². The van der Waals surface area contributed by atoms with Crippen molar-refractivity contribution in [3.63, 3.8) is 0 Å². The van der Waals surface area contributed by atoms with E-state index in [1.54, 1.807) is 18.2 Å². The lowest BCUT2D eigenvalue weighted by atomic mass is 10.1. The first-order valence-corrected chi connectivity index (χ1v) is 4.14. The second-order valence-corrected chi connectivity index (χ2v) is 2.58. The summed E-state index contributed by atoms with van der Waals surface area (Å²) in [5, 5.41) is 0. The molecule has 2 N–H and O–H groups in total. The van der Waals surface area contributed by atoms with Gasteiger partial charge in [-0.1, -0.05) is 11.8 Å². The molecule has 1 aromatic carbocycles. The molecule has 0 unspecified atom stereocenters. The van der Waals surface area contributed by atoms with Gasteiger partial charge in [-0.05, 0) is 18.2 Å². The van der Waals surface area contributed by atoms with E-state index in [9.17, 15) is 4.79 Å². The topological polar surface area (TPSA) is 52.3 Å². The summed E-state index contributed by atoms with van der Waals surface area (Å²) in [5.41, 5.74) is 6.55. The predicted octanol–water partition coefficient (Wildman–Crippen LogP) is 0.818. The minimum absolute atomic E-state index is 0.317. The Morgan fingerprint density at radius 1 is 1.57 bits per heavy atom. The zero-order chi connectivity index (χ0) is 10.4. The van der Waals surface area contributed by atoms with Crippen LogP contribution < -0.4 is 10.5 Å². The molecule has 0 atom stereocenters. The highest BCUT2D eigenvalue weighted by molar-refractivity contribution is 5.79. The monoisotopic (exact) mass is 189 g/mol. The van der Waals surface area contributed by atoms with Crippen molar-refractivity contribution in [3.8, 4) is 17.6 Å². The van der Waals surface area contributed by atoms with E-state index in [2.05, 4.69) is 11.8 Å².